The second-order valence-electron chi connectivity index (χ2n) is 5.30. The van der Waals surface area contributed by atoms with E-state index in [-0.39, 0.29) is 16.9 Å². The van der Waals surface area contributed by atoms with Gasteiger partial charge in [0.15, 0.2) is 9.84 Å². The van der Waals surface area contributed by atoms with Crippen molar-refractivity contribution in [3.63, 3.8) is 0 Å². The smallest absolute Gasteiger partial charge is 0.157 e. The van der Waals surface area contributed by atoms with Crippen LogP contribution in [0.1, 0.15) is 25.3 Å². The Morgan fingerprint density at radius 3 is 2.42 bits per heavy atom. The van der Waals surface area contributed by atoms with E-state index in [1.54, 1.807) is 24.3 Å². The SMILES string of the molecule is CNC1CCC(S(=O)(=O)Cc2ccc(Cl)cc2)C1C. The van der Waals surface area contributed by atoms with Crippen LogP contribution in [0.4, 0.5) is 0 Å². The Labute approximate surface area is 120 Å². The lowest BCUT2D eigenvalue weighted by atomic mass is 10.1. The third-order valence-corrected chi connectivity index (χ3v) is 6.67. The van der Waals surface area contributed by atoms with Gasteiger partial charge >= 0.3 is 0 Å². The number of hydrogen-bond acceptors (Lipinski definition) is 3. The molecule has 1 aliphatic carbocycles. The molecule has 3 nitrogen and oxygen atoms in total. The lowest BCUT2D eigenvalue weighted by Gasteiger charge is -2.20. The maximum Gasteiger partial charge on any atom is 0.157 e. The largest absolute Gasteiger partial charge is 0.317 e. The van der Waals surface area contributed by atoms with Crippen molar-refractivity contribution in [1.82, 2.24) is 5.32 Å². The van der Waals surface area contributed by atoms with Gasteiger partial charge in [-0.1, -0.05) is 30.7 Å². The Balaban J connectivity index is 2.13. The molecule has 1 fully saturated rings. The van der Waals surface area contributed by atoms with Gasteiger partial charge in [-0.15, -0.1) is 0 Å². The summed E-state index contributed by atoms with van der Waals surface area (Å²) in [6, 6.07) is 7.36. The zero-order valence-electron chi connectivity index (χ0n) is 11.3. The minimum atomic E-state index is -3.10. The summed E-state index contributed by atoms with van der Waals surface area (Å²) in [6.45, 7) is 2.03. The van der Waals surface area contributed by atoms with Crippen molar-refractivity contribution in [2.24, 2.45) is 5.92 Å². The predicted molar refractivity (Wildman–Crippen MR) is 79.1 cm³/mol. The van der Waals surface area contributed by atoms with E-state index in [4.69, 9.17) is 11.6 Å². The van der Waals surface area contributed by atoms with Crippen molar-refractivity contribution in [2.75, 3.05) is 7.05 Å². The fraction of sp³-hybridized carbons (Fsp3) is 0.571. The molecule has 0 aliphatic heterocycles. The van der Waals surface area contributed by atoms with Crippen molar-refractivity contribution in [1.29, 1.82) is 0 Å². The summed E-state index contributed by atoms with van der Waals surface area (Å²) in [5, 5.41) is 3.60. The number of benzene rings is 1. The van der Waals surface area contributed by atoms with Crippen molar-refractivity contribution < 1.29 is 8.42 Å². The molecule has 0 aromatic heterocycles. The van der Waals surface area contributed by atoms with Gasteiger partial charge in [-0.2, -0.15) is 0 Å². The van der Waals surface area contributed by atoms with Crippen LogP contribution in [-0.2, 0) is 15.6 Å². The molecule has 5 heteroatoms. The van der Waals surface area contributed by atoms with Crippen LogP contribution in [0.25, 0.3) is 0 Å². The molecule has 19 heavy (non-hydrogen) atoms. The summed E-state index contributed by atoms with van der Waals surface area (Å²) in [7, 11) is -1.20. The lowest BCUT2D eigenvalue weighted by molar-refractivity contribution is 0.453. The molecule has 1 aromatic carbocycles. The molecular weight excluding hydrogens is 282 g/mol. The first-order chi connectivity index (χ1) is 8.94. The third-order valence-electron chi connectivity index (χ3n) is 4.10. The zero-order chi connectivity index (χ0) is 14.0. The highest BCUT2D eigenvalue weighted by atomic mass is 35.5. The fourth-order valence-electron chi connectivity index (χ4n) is 2.96. The summed E-state index contributed by atoms with van der Waals surface area (Å²) in [5.74, 6) is 0.276. The van der Waals surface area contributed by atoms with Crippen LogP contribution in [0.2, 0.25) is 5.02 Å². The van der Waals surface area contributed by atoms with Gasteiger partial charge in [0.2, 0.25) is 0 Å². The third kappa shape index (κ3) is 3.30. The maximum absolute atomic E-state index is 12.5. The Morgan fingerprint density at radius 1 is 1.26 bits per heavy atom. The molecule has 1 saturated carbocycles. The van der Waals surface area contributed by atoms with E-state index in [0.29, 0.717) is 11.1 Å². The van der Waals surface area contributed by atoms with Crippen LogP contribution in [0.5, 0.6) is 0 Å². The van der Waals surface area contributed by atoms with Gasteiger partial charge in [-0.05, 0) is 43.5 Å². The van der Waals surface area contributed by atoms with E-state index in [9.17, 15) is 8.42 Å². The quantitative estimate of drug-likeness (QED) is 0.930. The van der Waals surface area contributed by atoms with Gasteiger partial charge in [-0.3, -0.25) is 0 Å². The highest BCUT2D eigenvalue weighted by Gasteiger charge is 2.39. The summed E-state index contributed by atoms with van der Waals surface area (Å²) in [5.41, 5.74) is 0.810. The van der Waals surface area contributed by atoms with Gasteiger partial charge < -0.3 is 5.32 Å². The molecule has 1 aromatic rings. The number of hydrogen-bond donors (Lipinski definition) is 1. The number of halogens is 1. The Morgan fingerprint density at radius 2 is 1.89 bits per heavy atom. The van der Waals surface area contributed by atoms with Crippen molar-refractivity contribution >= 4 is 21.4 Å². The van der Waals surface area contributed by atoms with Gasteiger partial charge in [0, 0.05) is 11.1 Å². The van der Waals surface area contributed by atoms with E-state index in [1.807, 2.05) is 14.0 Å². The zero-order valence-corrected chi connectivity index (χ0v) is 12.8. The van der Waals surface area contributed by atoms with Crippen LogP contribution >= 0.6 is 11.6 Å². The second kappa shape index (κ2) is 5.81. The standard InChI is InChI=1S/C14H20ClNO2S/c1-10-13(16-2)7-8-14(10)19(17,18)9-11-3-5-12(15)6-4-11/h3-6,10,13-14,16H,7-9H2,1-2H3. The van der Waals surface area contributed by atoms with Crippen LogP contribution in [0, 0.1) is 5.92 Å². The Hall–Kier alpha value is -0.580. The minimum Gasteiger partial charge on any atom is -0.317 e. The summed E-state index contributed by atoms with van der Waals surface area (Å²) in [4.78, 5) is 0. The first-order valence-electron chi connectivity index (χ1n) is 6.57. The molecule has 0 spiro atoms. The number of sulfone groups is 1. The molecular formula is C14H20ClNO2S. The van der Waals surface area contributed by atoms with E-state index in [2.05, 4.69) is 5.32 Å². The molecule has 1 aliphatic rings. The van der Waals surface area contributed by atoms with Crippen LogP contribution in [0.3, 0.4) is 0 Å². The van der Waals surface area contributed by atoms with Crippen LogP contribution in [-0.4, -0.2) is 26.8 Å². The highest BCUT2D eigenvalue weighted by molar-refractivity contribution is 7.91. The fourth-order valence-corrected chi connectivity index (χ4v) is 5.30. The van der Waals surface area contributed by atoms with Gasteiger partial charge in [0.05, 0.1) is 11.0 Å². The number of rotatable bonds is 4. The highest BCUT2D eigenvalue weighted by Crippen LogP contribution is 2.32. The average Bonchev–Trinajstić information content (AvgIpc) is 2.74. The van der Waals surface area contributed by atoms with Gasteiger partial charge in [-0.25, -0.2) is 8.42 Å². The Kier molecular flexibility index (Phi) is 4.54. The van der Waals surface area contributed by atoms with Crippen LogP contribution in [0.15, 0.2) is 24.3 Å². The van der Waals surface area contributed by atoms with Crippen molar-refractivity contribution in [3.05, 3.63) is 34.9 Å². The van der Waals surface area contributed by atoms with E-state index in [0.717, 1.165) is 18.4 Å². The van der Waals surface area contributed by atoms with Gasteiger partial charge in [0.25, 0.3) is 0 Å². The Bertz CT molecular complexity index is 527. The molecule has 0 bridgehead atoms. The molecule has 0 radical (unpaired) electrons. The monoisotopic (exact) mass is 301 g/mol. The number of nitrogens with one attached hydrogen (secondary N) is 1. The molecule has 106 valence electrons. The maximum atomic E-state index is 12.5. The summed E-state index contributed by atoms with van der Waals surface area (Å²) < 4.78 is 25.0. The first kappa shape index (κ1) is 14.8. The minimum absolute atomic E-state index is 0.107. The normalized spacial score (nSPS) is 27.6. The molecule has 0 saturated heterocycles. The van der Waals surface area contributed by atoms with Crippen molar-refractivity contribution in [3.8, 4) is 0 Å². The first-order valence-corrected chi connectivity index (χ1v) is 8.66. The molecule has 1 N–H and O–H groups in total. The topological polar surface area (TPSA) is 46.2 Å². The van der Waals surface area contributed by atoms with Crippen LogP contribution < -0.4 is 5.32 Å². The summed E-state index contributed by atoms with van der Waals surface area (Å²) in [6.07, 6.45) is 1.69. The second-order valence-corrected chi connectivity index (χ2v) is 7.96. The van der Waals surface area contributed by atoms with E-state index in [1.165, 1.54) is 0 Å². The molecule has 0 heterocycles. The molecule has 3 atom stereocenters. The molecule has 0 amide bonds. The van der Waals surface area contributed by atoms with Crippen molar-refractivity contribution in [2.45, 2.75) is 36.8 Å². The summed E-state index contributed by atoms with van der Waals surface area (Å²) >= 11 is 5.81. The van der Waals surface area contributed by atoms with E-state index < -0.39 is 9.84 Å². The van der Waals surface area contributed by atoms with E-state index >= 15 is 0 Å². The predicted octanol–water partition coefficient (Wildman–Crippen LogP) is 2.64. The lowest BCUT2D eigenvalue weighted by Crippen LogP contribution is -2.34. The molecule has 3 unspecified atom stereocenters. The average molecular weight is 302 g/mol. The molecule has 2 rings (SSSR count). The van der Waals surface area contributed by atoms with Gasteiger partial charge in [0.1, 0.15) is 0 Å².